The molecule has 0 amide bonds. The summed E-state index contributed by atoms with van der Waals surface area (Å²) in [5, 5.41) is 0.702. The van der Waals surface area contributed by atoms with E-state index in [-0.39, 0.29) is 18.3 Å². The number of hydrogen-bond donors (Lipinski definition) is 0. The minimum atomic E-state index is -0.436. The summed E-state index contributed by atoms with van der Waals surface area (Å²) in [5.41, 5.74) is 4.52. The second kappa shape index (κ2) is 6.13. The molecule has 0 spiro atoms. The van der Waals surface area contributed by atoms with Gasteiger partial charge >= 0.3 is 11.6 Å². The van der Waals surface area contributed by atoms with Crippen molar-refractivity contribution in [2.45, 2.75) is 39.5 Å². The molecule has 3 aromatic rings. The summed E-state index contributed by atoms with van der Waals surface area (Å²) in [6, 6.07) is 11.8. The van der Waals surface area contributed by atoms with Gasteiger partial charge in [-0.1, -0.05) is 37.3 Å². The van der Waals surface area contributed by atoms with Gasteiger partial charge in [-0.2, -0.15) is 0 Å². The van der Waals surface area contributed by atoms with Crippen LogP contribution in [0.25, 0.3) is 11.0 Å². The fraction of sp³-hybridized carbons (Fsp3) is 0.273. The van der Waals surface area contributed by atoms with E-state index in [0.29, 0.717) is 22.3 Å². The van der Waals surface area contributed by atoms with Crippen molar-refractivity contribution in [2.75, 3.05) is 0 Å². The molecule has 1 atom stereocenters. The molecule has 4 heteroatoms. The molecule has 0 saturated heterocycles. The lowest BCUT2D eigenvalue weighted by atomic mass is 9.85. The average molecular weight is 348 g/mol. The smallest absolute Gasteiger partial charge is 0.343 e. The van der Waals surface area contributed by atoms with E-state index in [9.17, 15) is 9.59 Å². The van der Waals surface area contributed by atoms with E-state index in [2.05, 4.69) is 6.92 Å². The summed E-state index contributed by atoms with van der Waals surface area (Å²) < 4.78 is 11.2. The number of carbonyl (C=O) groups excluding carboxylic acids is 1. The standard InChI is InChI=1S/C22H20O4/c1-4-14-5-7-15(8-6-14)16-11-18(23)26-21-19-13(3)9-12(2)10-17(19)25-22(24)20(16)21/h5-10,16H,4,11H2,1-3H3/t16-/m0/s1. The maximum absolute atomic E-state index is 12.8. The summed E-state index contributed by atoms with van der Waals surface area (Å²) in [6.07, 6.45) is 1.08. The van der Waals surface area contributed by atoms with Gasteiger partial charge in [-0.05, 0) is 48.6 Å². The Kier molecular flexibility index (Phi) is 3.91. The molecule has 2 aromatic carbocycles. The highest BCUT2D eigenvalue weighted by molar-refractivity contribution is 5.92. The Bertz CT molecular complexity index is 1070. The van der Waals surface area contributed by atoms with E-state index in [1.54, 1.807) is 6.07 Å². The number of carbonyl (C=O) groups is 1. The third-order valence-corrected chi connectivity index (χ3v) is 5.06. The molecule has 0 aliphatic carbocycles. The zero-order valence-corrected chi connectivity index (χ0v) is 15.1. The molecule has 0 unspecified atom stereocenters. The van der Waals surface area contributed by atoms with Crippen LogP contribution in [0, 0.1) is 13.8 Å². The van der Waals surface area contributed by atoms with Crippen molar-refractivity contribution in [1.29, 1.82) is 0 Å². The number of benzene rings is 2. The third kappa shape index (κ3) is 2.62. The molecule has 0 fully saturated rings. The lowest BCUT2D eigenvalue weighted by Crippen LogP contribution is -2.27. The molecule has 26 heavy (non-hydrogen) atoms. The molecule has 0 bridgehead atoms. The topological polar surface area (TPSA) is 56.5 Å². The zero-order valence-electron chi connectivity index (χ0n) is 15.1. The molecule has 1 aromatic heterocycles. The second-order valence-electron chi connectivity index (χ2n) is 6.91. The largest absolute Gasteiger partial charge is 0.425 e. The number of rotatable bonds is 2. The Morgan fingerprint density at radius 3 is 2.50 bits per heavy atom. The van der Waals surface area contributed by atoms with Crippen molar-refractivity contribution < 1.29 is 13.9 Å². The van der Waals surface area contributed by atoms with E-state index in [1.807, 2.05) is 44.2 Å². The van der Waals surface area contributed by atoms with Gasteiger partial charge in [0.25, 0.3) is 0 Å². The Morgan fingerprint density at radius 1 is 1.08 bits per heavy atom. The molecule has 1 aliphatic rings. The first kappa shape index (κ1) is 16.6. The van der Waals surface area contributed by atoms with Gasteiger partial charge in [0.15, 0.2) is 5.75 Å². The van der Waals surface area contributed by atoms with Crippen LogP contribution < -0.4 is 10.4 Å². The van der Waals surface area contributed by atoms with Crippen LogP contribution in [-0.2, 0) is 11.2 Å². The third-order valence-electron chi connectivity index (χ3n) is 5.06. The summed E-state index contributed by atoms with van der Waals surface area (Å²) in [7, 11) is 0. The SMILES string of the molecule is CCc1ccc([C@@H]2CC(=O)Oc3c2c(=O)oc2cc(C)cc(C)c32)cc1. The molecule has 132 valence electrons. The predicted octanol–water partition coefficient (Wildman–Crippen LogP) is 4.41. The Labute approximate surface area is 151 Å². The lowest BCUT2D eigenvalue weighted by Gasteiger charge is -2.25. The molecule has 1 aliphatic heterocycles. The first-order valence-corrected chi connectivity index (χ1v) is 8.85. The Morgan fingerprint density at radius 2 is 1.81 bits per heavy atom. The van der Waals surface area contributed by atoms with Crippen LogP contribution in [0.1, 0.15) is 47.1 Å². The van der Waals surface area contributed by atoms with Crippen LogP contribution >= 0.6 is 0 Å². The van der Waals surface area contributed by atoms with Crippen LogP contribution in [0.4, 0.5) is 0 Å². The quantitative estimate of drug-likeness (QED) is 0.508. The van der Waals surface area contributed by atoms with Gasteiger partial charge in [0.05, 0.1) is 17.4 Å². The first-order valence-electron chi connectivity index (χ1n) is 8.85. The number of aryl methyl sites for hydroxylation is 3. The van der Waals surface area contributed by atoms with Crippen molar-refractivity contribution in [3.63, 3.8) is 0 Å². The van der Waals surface area contributed by atoms with Crippen molar-refractivity contribution in [1.82, 2.24) is 0 Å². The van der Waals surface area contributed by atoms with Crippen LogP contribution in [-0.4, -0.2) is 5.97 Å². The maximum atomic E-state index is 12.8. The van der Waals surface area contributed by atoms with E-state index >= 15 is 0 Å². The fourth-order valence-corrected chi connectivity index (χ4v) is 3.78. The minimum Gasteiger partial charge on any atom is -0.425 e. The molecule has 2 heterocycles. The van der Waals surface area contributed by atoms with Crippen LogP contribution in [0.3, 0.4) is 0 Å². The summed E-state index contributed by atoms with van der Waals surface area (Å²) in [4.78, 5) is 25.1. The monoisotopic (exact) mass is 348 g/mol. The highest BCUT2D eigenvalue weighted by atomic mass is 16.5. The van der Waals surface area contributed by atoms with Gasteiger partial charge in [-0.15, -0.1) is 0 Å². The Balaban J connectivity index is 1.98. The van der Waals surface area contributed by atoms with Crippen LogP contribution in [0.15, 0.2) is 45.6 Å². The van der Waals surface area contributed by atoms with E-state index in [1.165, 1.54) is 5.56 Å². The number of hydrogen-bond acceptors (Lipinski definition) is 4. The van der Waals surface area contributed by atoms with Crippen molar-refractivity contribution in [3.8, 4) is 5.75 Å². The van der Waals surface area contributed by atoms with Gasteiger partial charge < -0.3 is 9.15 Å². The van der Waals surface area contributed by atoms with Crippen molar-refractivity contribution >= 4 is 16.9 Å². The fourth-order valence-electron chi connectivity index (χ4n) is 3.78. The number of ether oxygens (including phenoxy) is 1. The molecule has 0 radical (unpaired) electrons. The lowest BCUT2D eigenvalue weighted by molar-refractivity contribution is -0.135. The number of fused-ring (bicyclic) bond motifs is 3. The molecule has 4 rings (SSSR count). The molecule has 4 nitrogen and oxygen atoms in total. The van der Waals surface area contributed by atoms with Gasteiger partial charge in [0, 0.05) is 5.92 Å². The van der Waals surface area contributed by atoms with Crippen molar-refractivity contribution in [3.05, 3.63) is 74.6 Å². The summed E-state index contributed by atoms with van der Waals surface area (Å²) >= 11 is 0. The van der Waals surface area contributed by atoms with E-state index in [4.69, 9.17) is 9.15 Å². The molecular weight excluding hydrogens is 328 g/mol. The summed E-state index contributed by atoms with van der Waals surface area (Å²) in [5.74, 6) is -0.318. The van der Waals surface area contributed by atoms with Crippen LogP contribution in [0.5, 0.6) is 5.75 Å². The zero-order chi connectivity index (χ0) is 18.4. The second-order valence-corrected chi connectivity index (χ2v) is 6.91. The van der Waals surface area contributed by atoms with Crippen LogP contribution in [0.2, 0.25) is 0 Å². The molecule has 0 saturated carbocycles. The van der Waals surface area contributed by atoms with Gasteiger partial charge in [0.1, 0.15) is 5.58 Å². The highest BCUT2D eigenvalue weighted by Crippen LogP contribution is 2.42. The van der Waals surface area contributed by atoms with Gasteiger partial charge in [-0.3, -0.25) is 4.79 Å². The minimum absolute atomic E-state index is 0.139. The van der Waals surface area contributed by atoms with Gasteiger partial charge in [0.2, 0.25) is 0 Å². The molecule has 0 N–H and O–H groups in total. The van der Waals surface area contributed by atoms with E-state index in [0.717, 1.165) is 23.1 Å². The highest BCUT2D eigenvalue weighted by Gasteiger charge is 2.34. The maximum Gasteiger partial charge on any atom is 0.343 e. The Hall–Kier alpha value is -2.88. The normalized spacial score (nSPS) is 16.4. The summed E-state index contributed by atoms with van der Waals surface area (Å²) in [6.45, 7) is 5.97. The number of esters is 1. The molecular formula is C22H20O4. The van der Waals surface area contributed by atoms with Crippen molar-refractivity contribution in [2.24, 2.45) is 0 Å². The van der Waals surface area contributed by atoms with E-state index < -0.39 is 5.63 Å². The first-order chi connectivity index (χ1) is 12.5. The average Bonchev–Trinajstić information content (AvgIpc) is 2.60. The van der Waals surface area contributed by atoms with Gasteiger partial charge in [-0.25, -0.2) is 4.79 Å². The predicted molar refractivity (Wildman–Crippen MR) is 99.9 cm³/mol.